The van der Waals surface area contributed by atoms with Crippen molar-refractivity contribution in [1.82, 2.24) is 4.57 Å². The van der Waals surface area contributed by atoms with E-state index in [1.54, 1.807) is 12.1 Å². The summed E-state index contributed by atoms with van der Waals surface area (Å²) in [6.45, 7) is 2.04. The summed E-state index contributed by atoms with van der Waals surface area (Å²) in [5.74, 6) is -0.474. The molecule has 1 heterocycles. The number of aromatic nitrogens is 1. The van der Waals surface area contributed by atoms with Crippen molar-refractivity contribution < 1.29 is 14.3 Å². The van der Waals surface area contributed by atoms with Gasteiger partial charge in [-0.05, 0) is 24.6 Å². The van der Waals surface area contributed by atoms with Crippen LogP contribution in [0.5, 0.6) is 0 Å². The number of amides is 1. The highest BCUT2D eigenvalue weighted by molar-refractivity contribution is 7.16. The number of ether oxygens (including phenoxy) is 1. The lowest BCUT2D eigenvalue weighted by atomic mass is 10.2. The average molecular weight is 306 g/mol. The molecule has 5 nitrogen and oxygen atoms in total. The number of hydrogen-bond donors (Lipinski definition) is 0. The van der Waals surface area contributed by atoms with Crippen LogP contribution in [0.2, 0.25) is 0 Å². The van der Waals surface area contributed by atoms with Gasteiger partial charge in [0.05, 0.1) is 22.9 Å². The van der Waals surface area contributed by atoms with Crippen molar-refractivity contribution in [3.05, 3.63) is 28.6 Å². The summed E-state index contributed by atoms with van der Waals surface area (Å²) in [6.07, 6.45) is 2.30. The van der Waals surface area contributed by atoms with Crippen molar-refractivity contribution in [3.8, 4) is 0 Å². The number of aryl methyl sites for hydroxylation is 1. The van der Waals surface area contributed by atoms with E-state index in [2.05, 4.69) is 4.99 Å². The number of rotatable bonds is 4. The zero-order valence-electron chi connectivity index (χ0n) is 12.4. The van der Waals surface area contributed by atoms with Crippen LogP contribution in [-0.4, -0.2) is 23.6 Å². The molecular weight excluding hydrogens is 288 g/mol. The van der Waals surface area contributed by atoms with Crippen LogP contribution in [0.3, 0.4) is 0 Å². The van der Waals surface area contributed by atoms with Gasteiger partial charge in [-0.1, -0.05) is 24.7 Å². The van der Waals surface area contributed by atoms with Crippen LogP contribution < -0.4 is 4.80 Å². The van der Waals surface area contributed by atoms with Crippen LogP contribution in [0.15, 0.2) is 23.2 Å². The molecule has 1 amide bonds. The van der Waals surface area contributed by atoms with Crippen molar-refractivity contribution in [3.63, 3.8) is 0 Å². The van der Waals surface area contributed by atoms with Crippen LogP contribution in [0.4, 0.5) is 0 Å². The van der Waals surface area contributed by atoms with Crippen LogP contribution in [0, 0.1) is 0 Å². The van der Waals surface area contributed by atoms with Gasteiger partial charge in [-0.2, -0.15) is 4.99 Å². The molecule has 0 radical (unpaired) electrons. The summed E-state index contributed by atoms with van der Waals surface area (Å²) in [5, 5.41) is 0. The molecule has 0 saturated heterocycles. The SMILES string of the molecule is CCCCC(=O)N=c1sc2cc(C(=O)OC)ccc2n1C. The Morgan fingerprint density at radius 3 is 2.81 bits per heavy atom. The summed E-state index contributed by atoms with van der Waals surface area (Å²) < 4.78 is 7.48. The van der Waals surface area contributed by atoms with E-state index in [-0.39, 0.29) is 11.9 Å². The van der Waals surface area contributed by atoms with Crippen molar-refractivity contribution in [2.45, 2.75) is 26.2 Å². The number of carbonyl (C=O) groups is 2. The fourth-order valence-electron chi connectivity index (χ4n) is 1.98. The highest BCUT2D eigenvalue weighted by Crippen LogP contribution is 2.19. The van der Waals surface area contributed by atoms with Crippen molar-refractivity contribution in [1.29, 1.82) is 0 Å². The summed E-state index contributed by atoms with van der Waals surface area (Å²) in [7, 11) is 3.22. The van der Waals surface area contributed by atoms with Gasteiger partial charge < -0.3 is 9.30 Å². The summed E-state index contributed by atoms with van der Waals surface area (Å²) in [4.78, 5) is 28.1. The van der Waals surface area contributed by atoms with E-state index < -0.39 is 0 Å². The maximum absolute atomic E-state index is 11.8. The Hall–Kier alpha value is -1.95. The fraction of sp³-hybridized carbons (Fsp3) is 0.400. The molecule has 0 fully saturated rings. The zero-order chi connectivity index (χ0) is 15.4. The average Bonchev–Trinajstić information content (AvgIpc) is 2.80. The van der Waals surface area contributed by atoms with E-state index in [0.717, 1.165) is 23.1 Å². The van der Waals surface area contributed by atoms with Crippen molar-refractivity contribution >= 4 is 33.4 Å². The highest BCUT2D eigenvalue weighted by Gasteiger charge is 2.10. The molecule has 1 aromatic heterocycles. The fourth-order valence-corrected chi connectivity index (χ4v) is 3.05. The Balaban J connectivity index is 2.43. The van der Waals surface area contributed by atoms with E-state index in [0.29, 0.717) is 16.8 Å². The number of esters is 1. The molecule has 0 unspecified atom stereocenters. The molecule has 0 N–H and O–H groups in total. The Morgan fingerprint density at radius 1 is 1.38 bits per heavy atom. The van der Waals surface area contributed by atoms with Gasteiger partial charge in [-0.15, -0.1) is 0 Å². The van der Waals surface area contributed by atoms with E-state index in [1.165, 1.54) is 18.4 Å². The minimum absolute atomic E-state index is 0.104. The van der Waals surface area contributed by atoms with Crippen LogP contribution >= 0.6 is 11.3 Å². The molecule has 2 aromatic rings. The third kappa shape index (κ3) is 3.39. The van der Waals surface area contributed by atoms with Crippen LogP contribution in [0.25, 0.3) is 10.2 Å². The van der Waals surface area contributed by atoms with Gasteiger partial charge in [0.1, 0.15) is 0 Å². The van der Waals surface area contributed by atoms with Gasteiger partial charge in [0.25, 0.3) is 0 Å². The molecule has 2 rings (SSSR count). The number of unbranched alkanes of at least 4 members (excludes halogenated alkanes) is 1. The van der Waals surface area contributed by atoms with Crippen LogP contribution in [-0.2, 0) is 16.6 Å². The number of thiazole rings is 1. The molecule has 0 aliphatic carbocycles. The number of carbonyl (C=O) groups excluding carboxylic acids is 2. The van der Waals surface area contributed by atoms with E-state index in [1.807, 2.05) is 24.6 Å². The lowest BCUT2D eigenvalue weighted by Gasteiger charge is -1.99. The Labute approximate surface area is 126 Å². The largest absolute Gasteiger partial charge is 0.465 e. The standard InChI is InChI=1S/C15H18N2O3S/c1-4-5-6-13(18)16-15-17(2)11-8-7-10(14(19)20-3)9-12(11)21-15/h7-9H,4-6H2,1-3H3. The van der Waals surface area contributed by atoms with Gasteiger partial charge in [0.15, 0.2) is 4.80 Å². The predicted octanol–water partition coefficient (Wildman–Crippen LogP) is 2.64. The second-order valence-electron chi connectivity index (χ2n) is 4.73. The molecular formula is C15H18N2O3S. The van der Waals surface area contributed by atoms with Gasteiger partial charge in [0.2, 0.25) is 5.91 Å². The lowest BCUT2D eigenvalue weighted by Crippen LogP contribution is -2.13. The molecule has 0 aliphatic heterocycles. The maximum atomic E-state index is 11.8. The number of nitrogens with zero attached hydrogens (tertiary/aromatic N) is 2. The van der Waals surface area contributed by atoms with Crippen molar-refractivity contribution in [2.75, 3.05) is 7.11 Å². The minimum Gasteiger partial charge on any atom is -0.465 e. The van der Waals surface area contributed by atoms with Gasteiger partial charge in [0, 0.05) is 13.5 Å². The smallest absolute Gasteiger partial charge is 0.337 e. The first-order chi connectivity index (χ1) is 10.1. The van der Waals surface area contributed by atoms with Crippen LogP contribution in [0.1, 0.15) is 36.5 Å². The number of benzene rings is 1. The number of fused-ring (bicyclic) bond motifs is 1. The summed E-state index contributed by atoms with van der Waals surface area (Å²) in [5.41, 5.74) is 1.44. The topological polar surface area (TPSA) is 60.7 Å². The highest BCUT2D eigenvalue weighted by atomic mass is 32.1. The number of hydrogen-bond acceptors (Lipinski definition) is 4. The Bertz CT molecular complexity index is 743. The maximum Gasteiger partial charge on any atom is 0.337 e. The lowest BCUT2D eigenvalue weighted by molar-refractivity contribution is -0.118. The molecule has 0 atom stereocenters. The van der Waals surface area contributed by atoms with E-state index >= 15 is 0 Å². The minimum atomic E-state index is -0.370. The first-order valence-corrected chi connectivity index (χ1v) is 7.64. The molecule has 0 bridgehead atoms. The molecule has 1 aromatic carbocycles. The second kappa shape index (κ2) is 6.67. The summed E-state index contributed by atoms with van der Waals surface area (Å²) in [6, 6.07) is 5.32. The molecule has 0 spiro atoms. The molecule has 6 heteroatoms. The first-order valence-electron chi connectivity index (χ1n) is 6.82. The predicted molar refractivity (Wildman–Crippen MR) is 82.2 cm³/mol. The monoisotopic (exact) mass is 306 g/mol. The quantitative estimate of drug-likeness (QED) is 0.816. The molecule has 112 valence electrons. The first kappa shape index (κ1) is 15.4. The van der Waals surface area contributed by atoms with Crippen molar-refractivity contribution in [2.24, 2.45) is 12.0 Å². The third-order valence-corrected chi connectivity index (χ3v) is 4.29. The zero-order valence-corrected chi connectivity index (χ0v) is 13.2. The molecule has 0 saturated carbocycles. The Kier molecular flexibility index (Phi) is 4.90. The van der Waals surface area contributed by atoms with Gasteiger partial charge in [-0.25, -0.2) is 4.79 Å². The Morgan fingerprint density at radius 2 is 2.14 bits per heavy atom. The van der Waals surface area contributed by atoms with E-state index in [4.69, 9.17) is 4.74 Å². The molecule has 0 aliphatic rings. The normalized spacial score (nSPS) is 11.9. The summed E-state index contributed by atoms with van der Waals surface area (Å²) >= 11 is 1.40. The number of methoxy groups -OCH3 is 1. The molecule has 21 heavy (non-hydrogen) atoms. The van der Waals surface area contributed by atoms with E-state index in [9.17, 15) is 9.59 Å². The van der Waals surface area contributed by atoms with Gasteiger partial charge >= 0.3 is 5.97 Å². The van der Waals surface area contributed by atoms with Gasteiger partial charge in [-0.3, -0.25) is 4.79 Å². The third-order valence-electron chi connectivity index (χ3n) is 3.19. The second-order valence-corrected chi connectivity index (χ2v) is 5.74.